The quantitative estimate of drug-likeness (QED) is 0.387. The van der Waals surface area contributed by atoms with Crippen LogP contribution in [-0.2, 0) is 0 Å². The van der Waals surface area contributed by atoms with Gasteiger partial charge in [0.05, 0.1) is 23.3 Å². The number of nitrogens with one attached hydrogen (secondary N) is 1. The fraction of sp³-hybridized carbons (Fsp3) is 0.308. The summed E-state index contributed by atoms with van der Waals surface area (Å²) in [6, 6.07) is 8.45. The number of rotatable bonds is 6. The highest BCUT2D eigenvalue weighted by Crippen LogP contribution is 2.39. The van der Waals surface area contributed by atoms with Gasteiger partial charge in [0, 0.05) is 30.6 Å². The Morgan fingerprint density at radius 2 is 2.00 bits per heavy atom. The van der Waals surface area contributed by atoms with E-state index in [0.29, 0.717) is 23.3 Å². The van der Waals surface area contributed by atoms with Crippen LogP contribution in [0.2, 0.25) is 0 Å². The van der Waals surface area contributed by atoms with E-state index in [-0.39, 0.29) is 19.0 Å². The molecule has 7 nitrogen and oxygen atoms in total. The largest absolute Gasteiger partial charge is 0.327 e. The molecule has 0 bridgehead atoms. The van der Waals surface area contributed by atoms with Crippen molar-refractivity contribution in [2.24, 2.45) is 0 Å². The lowest BCUT2D eigenvalue weighted by Crippen LogP contribution is -2.16. The first-order valence-corrected chi connectivity index (χ1v) is 11.1. The topological polar surface area (TPSA) is 77.6 Å². The second kappa shape index (κ2) is 9.21. The van der Waals surface area contributed by atoms with Crippen molar-refractivity contribution >= 4 is 11.7 Å². The number of benzene rings is 1. The second-order valence-corrected chi connectivity index (χ2v) is 8.71. The molecule has 1 aliphatic carbocycles. The normalized spacial score (nSPS) is 13.1. The fourth-order valence-electron chi connectivity index (χ4n) is 3.91. The standard InChI is InChI=1S/C25H25FN6O.CH4/c1-15(2)32-10-9-27-24(32)20-5-4-6-23(29-20)30-25(33)18-12-22(16(3)11-19(18)26)31-13-21(28-14-31)17-7-8-17;/h4-6,9-15,17H,7-8H2,1-3H3,(H,29,30,33);1H4. The van der Waals surface area contributed by atoms with Gasteiger partial charge in [0.25, 0.3) is 5.91 Å². The first-order valence-electron chi connectivity index (χ1n) is 11.1. The van der Waals surface area contributed by atoms with E-state index in [1.807, 2.05) is 34.5 Å². The fourth-order valence-corrected chi connectivity index (χ4v) is 3.91. The molecule has 8 heteroatoms. The first-order chi connectivity index (χ1) is 15.9. The van der Waals surface area contributed by atoms with Gasteiger partial charge in [-0.3, -0.25) is 4.79 Å². The van der Waals surface area contributed by atoms with Crippen LogP contribution in [0.5, 0.6) is 0 Å². The molecular weight excluding hydrogens is 431 g/mol. The summed E-state index contributed by atoms with van der Waals surface area (Å²) in [5.74, 6) is 0.405. The van der Waals surface area contributed by atoms with Crippen molar-refractivity contribution < 1.29 is 9.18 Å². The van der Waals surface area contributed by atoms with Crippen LogP contribution in [0, 0.1) is 12.7 Å². The number of carbonyl (C=O) groups is 1. The maximum absolute atomic E-state index is 14.8. The molecule has 1 aliphatic rings. The molecule has 0 spiro atoms. The number of imidazole rings is 2. The van der Waals surface area contributed by atoms with Crippen LogP contribution in [-0.4, -0.2) is 30.0 Å². The Morgan fingerprint density at radius 3 is 2.74 bits per heavy atom. The summed E-state index contributed by atoms with van der Waals surface area (Å²) in [5.41, 5.74) is 3.06. The Hall–Kier alpha value is -3.81. The van der Waals surface area contributed by atoms with Gasteiger partial charge in [-0.1, -0.05) is 13.5 Å². The predicted molar refractivity (Wildman–Crippen MR) is 131 cm³/mol. The Kier molecular flexibility index (Phi) is 6.32. The van der Waals surface area contributed by atoms with Crippen molar-refractivity contribution in [2.75, 3.05) is 5.32 Å². The van der Waals surface area contributed by atoms with E-state index in [0.717, 1.165) is 29.8 Å². The molecule has 3 aromatic heterocycles. The number of hydrogen-bond acceptors (Lipinski definition) is 4. The number of anilines is 1. The third kappa shape index (κ3) is 4.48. The summed E-state index contributed by atoms with van der Waals surface area (Å²) in [7, 11) is 0. The highest BCUT2D eigenvalue weighted by Gasteiger charge is 2.26. The van der Waals surface area contributed by atoms with E-state index in [2.05, 4.69) is 34.1 Å². The molecule has 0 radical (unpaired) electrons. The van der Waals surface area contributed by atoms with Crippen molar-refractivity contribution in [1.29, 1.82) is 0 Å². The van der Waals surface area contributed by atoms with E-state index in [9.17, 15) is 9.18 Å². The number of halogens is 1. The average Bonchev–Trinajstić information content (AvgIpc) is 3.31. The van der Waals surface area contributed by atoms with Crippen molar-refractivity contribution in [2.45, 2.75) is 53.0 Å². The van der Waals surface area contributed by atoms with Gasteiger partial charge in [0.2, 0.25) is 0 Å². The van der Waals surface area contributed by atoms with Gasteiger partial charge in [-0.2, -0.15) is 0 Å². The Morgan fingerprint density at radius 1 is 1.21 bits per heavy atom. The summed E-state index contributed by atoms with van der Waals surface area (Å²) < 4.78 is 18.6. The molecule has 1 saturated carbocycles. The van der Waals surface area contributed by atoms with Crippen LogP contribution in [0.25, 0.3) is 17.2 Å². The van der Waals surface area contributed by atoms with E-state index >= 15 is 0 Å². The molecule has 1 N–H and O–H groups in total. The lowest BCUT2D eigenvalue weighted by atomic mass is 10.1. The molecule has 0 saturated heterocycles. The molecule has 1 amide bonds. The van der Waals surface area contributed by atoms with E-state index < -0.39 is 11.7 Å². The highest BCUT2D eigenvalue weighted by atomic mass is 19.1. The summed E-state index contributed by atoms with van der Waals surface area (Å²) in [4.78, 5) is 26.4. The summed E-state index contributed by atoms with van der Waals surface area (Å²) >= 11 is 0. The third-order valence-corrected chi connectivity index (χ3v) is 5.85. The smallest absolute Gasteiger partial charge is 0.259 e. The minimum atomic E-state index is -0.581. The van der Waals surface area contributed by atoms with Gasteiger partial charge in [-0.25, -0.2) is 19.3 Å². The third-order valence-electron chi connectivity index (χ3n) is 5.85. The number of carbonyl (C=O) groups excluding carboxylic acids is 1. The number of aryl methyl sites for hydroxylation is 1. The van der Waals surface area contributed by atoms with Crippen LogP contribution in [0.3, 0.4) is 0 Å². The Labute approximate surface area is 198 Å². The molecule has 176 valence electrons. The second-order valence-electron chi connectivity index (χ2n) is 8.71. The molecular formula is C26H29FN6O. The number of pyridine rings is 1. The van der Waals surface area contributed by atoms with Crippen LogP contribution in [0.1, 0.15) is 67.7 Å². The molecule has 34 heavy (non-hydrogen) atoms. The number of nitrogens with zero attached hydrogens (tertiary/aromatic N) is 5. The number of amides is 1. The molecule has 1 fully saturated rings. The van der Waals surface area contributed by atoms with Gasteiger partial charge in [0.1, 0.15) is 17.3 Å². The summed E-state index contributed by atoms with van der Waals surface area (Å²) in [5, 5.41) is 2.73. The van der Waals surface area contributed by atoms with Gasteiger partial charge in [-0.15, -0.1) is 0 Å². The zero-order valence-corrected chi connectivity index (χ0v) is 18.8. The molecule has 0 unspecified atom stereocenters. The van der Waals surface area contributed by atoms with Gasteiger partial charge in [0.15, 0.2) is 5.82 Å². The van der Waals surface area contributed by atoms with Crippen LogP contribution in [0.15, 0.2) is 55.2 Å². The average molecular weight is 461 g/mol. The van der Waals surface area contributed by atoms with E-state index in [1.165, 1.54) is 6.07 Å². The maximum atomic E-state index is 14.8. The lowest BCUT2D eigenvalue weighted by molar-refractivity contribution is 0.102. The molecule has 0 atom stereocenters. The van der Waals surface area contributed by atoms with E-state index in [1.54, 1.807) is 30.7 Å². The molecule has 5 rings (SSSR count). The van der Waals surface area contributed by atoms with Crippen LogP contribution < -0.4 is 5.32 Å². The van der Waals surface area contributed by atoms with Crippen molar-refractivity contribution in [3.8, 4) is 17.2 Å². The molecule has 1 aromatic carbocycles. The number of aromatic nitrogens is 5. The minimum Gasteiger partial charge on any atom is -0.327 e. The Bertz CT molecular complexity index is 1330. The molecule has 4 aromatic rings. The summed E-state index contributed by atoms with van der Waals surface area (Å²) in [6.45, 7) is 5.93. The van der Waals surface area contributed by atoms with E-state index in [4.69, 9.17) is 0 Å². The van der Waals surface area contributed by atoms with Crippen molar-refractivity contribution in [1.82, 2.24) is 24.1 Å². The number of hydrogen-bond donors (Lipinski definition) is 1. The van der Waals surface area contributed by atoms with Gasteiger partial charge >= 0.3 is 0 Å². The SMILES string of the molecule is C.Cc1cc(F)c(C(=O)Nc2cccc(-c3nccn3C(C)C)n2)cc1-n1cnc(C2CC2)c1. The van der Waals surface area contributed by atoms with Crippen molar-refractivity contribution in [3.05, 3.63) is 77.9 Å². The summed E-state index contributed by atoms with van der Waals surface area (Å²) in [6.07, 6.45) is 9.59. The van der Waals surface area contributed by atoms with Crippen molar-refractivity contribution in [3.63, 3.8) is 0 Å². The van der Waals surface area contributed by atoms with Crippen LogP contribution in [0.4, 0.5) is 10.2 Å². The zero-order valence-electron chi connectivity index (χ0n) is 18.8. The molecule has 3 heterocycles. The maximum Gasteiger partial charge on any atom is 0.259 e. The first kappa shape index (κ1) is 23.4. The van der Waals surface area contributed by atoms with Gasteiger partial charge in [-0.05, 0) is 63.4 Å². The minimum absolute atomic E-state index is 0. The monoisotopic (exact) mass is 460 g/mol. The Balaban J connectivity index is 0.00000274. The van der Waals surface area contributed by atoms with Gasteiger partial charge < -0.3 is 14.5 Å². The zero-order chi connectivity index (χ0) is 23.1. The molecule has 0 aliphatic heterocycles. The highest BCUT2D eigenvalue weighted by molar-refractivity contribution is 6.04. The van der Waals surface area contributed by atoms with Crippen LogP contribution >= 0.6 is 0 Å². The lowest BCUT2D eigenvalue weighted by Gasteiger charge is -2.13. The predicted octanol–water partition coefficient (Wildman–Crippen LogP) is 5.93.